The summed E-state index contributed by atoms with van der Waals surface area (Å²) >= 11 is 5.50. The second-order valence-corrected chi connectivity index (χ2v) is 7.56. The Balaban J connectivity index is 2.08. The number of hydrogen-bond donors (Lipinski definition) is 1. The van der Waals surface area contributed by atoms with Crippen LogP contribution in [0.3, 0.4) is 0 Å². The molecule has 0 spiro atoms. The van der Waals surface area contributed by atoms with Gasteiger partial charge in [0.15, 0.2) is 0 Å². The minimum absolute atomic E-state index is 0.577. The van der Waals surface area contributed by atoms with Gasteiger partial charge in [0.25, 0.3) is 0 Å². The third-order valence-corrected chi connectivity index (χ3v) is 5.55. The maximum absolute atomic E-state index is 4.70. The normalized spacial score (nSPS) is 12.6. The number of halogens is 1. The number of aromatic nitrogens is 1. The molecule has 2 rings (SSSR count). The van der Waals surface area contributed by atoms with Crippen LogP contribution in [0, 0.1) is 19.8 Å². The molecule has 2 aromatic rings. The Morgan fingerprint density at radius 1 is 1.24 bits per heavy atom. The van der Waals surface area contributed by atoms with Crippen molar-refractivity contribution in [2.75, 3.05) is 13.1 Å². The summed E-state index contributed by atoms with van der Waals surface area (Å²) in [6.45, 7) is 8.47. The van der Waals surface area contributed by atoms with Gasteiger partial charge in [-0.15, -0.1) is 11.3 Å². The first-order valence-corrected chi connectivity index (χ1v) is 9.08. The lowest BCUT2D eigenvalue weighted by Crippen LogP contribution is -2.25. The highest BCUT2D eigenvalue weighted by Crippen LogP contribution is 2.24. The molecule has 0 fully saturated rings. The Hall–Kier alpha value is -0.710. The monoisotopic (exact) mass is 366 g/mol. The zero-order valence-corrected chi connectivity index (χ0v) is 15.4. The second kappa shape index (κ2) is 8.06. The van der Waals surface area contributed by atoms with Gasteiger partial charge in [-0.05, 0) is 50.9 Å². The molecule has 114 valence electrons. The van der Waals surface area contributed by atoms with Gasteiger partial charge >= 0.3 is 0 Å². The number of nitrogens with zero attached hydrogens (tertiary/aromatic N) is 1. The predicted octanol–water partition coefficient (Wildman–Crippen LogP) is 4.53. The zero-order chi connectivity index (χ0) is 15.2. The van der Waals surface area contributed by atoms with Gasteiger partial charge in [0.05, 0.1) is 10.7 Å². The molecular formula is C17H23BrN2S. The number of benzene rings is 1. The smallest absolute Gasteiger partial charge is 0.0934 e. The van der Waals surface area contributed by atoms with Crippen molar-refractivity contribution < 1.29 is 0 Å². The molecule has 0 aliphatic heterocycles. The van der Waals surface area contributed by atoms with E-state index in [1.807, 2.05) is 11.3 Å². The van der Waals surface area contributed by atoms with Crippen molar-refractivity contribution in [2.45, 2.75) is 33.6 Å². The average Bonchev–Trinajstić information content (AvgIpc) is 2.77. The Morgan fingerprint density at radius 3 is 2.62 bits per heavy atom. The number of thiazole rings is 1. The lowest BCUT2D eigenvalue weighted by molar-refractivity contribution is 0.476. The lowest BCUT2D eigenvalue weighted by Gasteiger charge is -2.17. The van der Waals surface area contributed by atoms with E-state index in [-0.39, 0.29) is 0 Å². The van der Waals surface area contributed by atoms with E-state index >= 15 is 0 Å². The van der Waals surface area contributed by atoms with E-state index in [0.717, 1.165) is 25.9 Å². The SMILES string of the molecule is CCNCC(Cc1nc(C)c(C)s1)Cc1ccccc1Br. The molecule has 0 aliphatic rings. The third kappa shape index (κ3) is 4.90. The van der Waals surface area contributed by atoms with Gasteiger partial charge in [0.2, 0.25) is 0 Å². The highest BCUT2D eigenvalue weighted by atomic mass is 79.9. The van der Waals surface area contributed by atoms with Crippen molar-refractivity contribution in [3.8, 4) is 0 Å². The molecule has 0 saturated heterocycles. The predicted molar refractivity (Wildman–Crippen MR) is 95.2 cm³/mol. The van der Waals surface area contributed by atoms with Crippen LogP contribution in [0.15, 0.2) is 28.7 Å². The quantitative estimate of drug-likeness (QED) is 0.778. The van der Waals surface area contributed by atoms with E-state index < -0.39 is 0 Å². The zero-order valence-electron chi connectivity index (χ0n) is 12.9. The van der Waals surface area contributed by atoms with E-state index in [0.29, 0.717) is 5.92 Å². The second-order valence-electron chi connectivity index (χ2n) is 5.42. The molecule has 1 N–H and O–H groups in total. The van der Waals surface area contributed by atoms with Crippen LogP contribution in [0.25, 0.3) is 0 Å². The van der Waals surface area contributed by atoms with Gasteiger partial charge in [-0.3, -0.25) is 0 Å². The average molecular weight is 367 g/mol. The van der Waals surface area contributed by atoms with Crippen LogP contribution in [0.1, 0.15) is 28.1 Å². The molecule has 1 atom stereocenters. The summed E-state index contributed by atoms with van der Waals surface area (Å²) in [4.78, 5) is 6.04. The lowest BCUT2D eigenvalue weighted by atomic mass is 9.96. The molecule has 0 radical (unpaired) electrons. The van der Waals surface area contributed by atoms with Crippen LogP contribution in [-0.4, -0.2) is 18.1 Å². The summed E-state index contributed by atoms with van der Waals surface area (Å²) in [5.41, 5.74) is 2.56. The highest BCUT2D eigenvalue weighted by Gasteiger charge is 2.15. The van der Waals surface area contributed by atoms with Crippen molar-refractivity contribution in [3.05, 3.63) is 49.9 Å². The molecular weight excluding hydrogens is 344 g/mol. The molecule has 1 unspecified atom stereocenters. The highest BCUT2D eigenvalue weighted by molar-refractivity contribution is 9.10. The first-order valence-electron chi connectivity index (χ1n) is 7.47. The fourth-order valence-electron chi connectivity index (χ4n) is 2.41. The largest absolute Gasteiger partial charge is 0.317 e. The summed E-state index contributed by atoms with van der Waals surface area (Å²) in [5, 5.41) is 4.76. The fraction of sp³-hybridized carbons (Fsp3) is 0.471. The minimum Gasteiger partial charge on any atom is -0.317 e. The number of rotatable bonds is 7. The molecule has 0 bridgehead atoms. The molecule has 0 saturated carbocycles. The van der Waals surface area contributed by atoms with Crippen LogP contribution in [0.4, 0.5) is 0 Å². The number of aryl methyl sites for hydroxylation is 2. The molecule has 1 aromatic heterocycles. The third-order valence-electron chi connectivity index (χ3n) is 3.69. The Bertz CT molecular complexity index is 560. The van der Waals surface area contributed by atoms with Gasteiger partial charge in [-0.1, -0.05) is 41.1 Å². The molecule has 0 aliphatic carbocycles. The summed E-state index contributed by atoms with van der Waals surface area (Å²) in [6, 6.07) is 8.52. The van der Waals surface area contributed by atoms with Crippen molar-refractivity contribution in [1.29, 1.82) is 0 Å². The Labute approximate surface area is 140 Å². The van der Waals surface area contributed by atoms with Gasteiger partial charge < -0.3 is 5.32 Å². The van der Waals surface area contributed by atoms with Crippen molar-refractivity contribution in [3.63, 3.8) is 0 Å². The fourth-order valence-corrected chi connectivity index (χ4v) is 3.91. The van der Waals surface area contributed by atoms with Crippen LogP contribution >= 0.6 is 27.3 Å². The molecule has 21 heavy (non-hydrogen) atoms. The van der Waals surface area contributed by atoms with Gasteiger partial charge in [-0.25, -0.2) is 4.98 Å². The van der Waals surface area contributed by atoms with Crippen LogP contribution in [0.5, 0.6) is 0 Å². The maximum atomic E-state index is 4.70. The minimum atomic E-state index is 0.577. The topological polar surface area (TPSA) is 24.9 Å². The van der Waals surface area contributed by atoms with Gasteiger partial charge in [-0.2, -0.15) is 0 Å². The van der Waals surface area contributed by atoms with E-state index in [1.165, 1.54) is 25.6 Å². The summed E-state index contributed by atoms with van der Waals surface area (Å²) in [5.74, 6) is 0.577. The summed E-state index contributed by atoms with van der Waals surface area (Å²) < 4.78 is 1.21. The van der Waals surface area contributed by atoms with E-state index in [4.69, 9.17) is 4.98 Å². The molecule has 0 amide bonds. The van der Waals surface area contributed by atoms with Crippen molar-refractivity contribution in [2.24, 2.45) is 5.92 Å². The Morgan fingerprint density at radius 2 is 2.00 bits per heavy atom. The molecule has 4 heteroatoms. The number of nitrogens with one attached hydrogen (secondary N) is 1. The molecule has 2 nitrogen and oxygen atoms in total. The molecule has 1 heterocycles. The van der Waals surface area contributed by atoms with Gasteiger partial charge in [0.1, 0.15) is 0 Å². The standard InChI is InChI=1S/C17H23BrN2S/c1-4-19-11-14(9-15-7-5-6-8-16(15)18)10-17-20-12(2)13(3)21-17/h5-8,14,19H,4,9-11H2,1-3H3. The van der Waals surface area contributed by atoms with Gasteiger partial charge in [0, 0.05) is 15.8 Å². The van der Waals surface area contributed by atoms with Crippen molar-refractivity contribution >= 4 is 27.3 Å². The summed E-state index contributed by atoms with van der Waals surface area (Å²) in [6.07, 6.45) is 2.12. The van der Waals surface area contributed by atoms with E-state index in [1.54, 1.807) is 0 Å². The first kappa shape index (κ1) is 16.7. The molecule has 1 aromatic carbocycles. The van der Waals surface area contributed by atoms with E-state index in [2.05, 4.69) is 66.3 Å². The maximum Gasteiger partial charge on any atom is 0.0934 e. The summed E-state index contributed by atoms with van der Waals surface area (Å²) in [7, 11) is 0. The van der Waals surface area contributed by atoms with E-state index in [9.17, 15) is 0 Å². The number of hydrogen-bond acceptors (Lipinski definition) is 3. The van der Waals surface area contributed by atoms with Crippen LogP contribution in [0.2, 0.25) is 0 Å². The van der Waals surface area contributed by atoms with Crippen LogP contribution < -0.4 is 5.32 Å². The van der Waals surface area contributed by atoms with Crippen molar-refractivity contribution in [1.82, 2.24) is 10.3 Å². The first-order chi connectivity index (χ1) is 10.1. The van der Waals surface area contributed by atoms with Crippen LogP contribution in [-0.2, 0) is 12.8 Å². The Kier molecular flexibility index (Phi) is 6.40.